The fourth-order valence-electron chi connectivity index (χ4n) is 0.911. The molecule has 1 saturated heterocycles. The van der Waals surface area contributed by atoms with Gasteiger partial charge in [-0.15, -0.1) is 0 Å². The molecule has 1 aliphatic rings. The van der Waals surface area contributed by atoms with Crippen LogP contribution in [0.5, 0.6) is 0 Å². The summed E-state index contributed by atoms with van der Waals surface area (Å²) < 4.78 is 4.88. The summed E-state index contributed by atoms with van der Waals surface area (Å²) in [4.78, 5) is 10.4. The molecule has 0 saturated carbocycles. The van der Waals surface area contributed by atoms with Crippen molar-refractivity contribution >= 4 is 5.97 Å². The topological polar surface area (TPSA) is 50.4 Å². The molecule has 1 atom stereocenters. The SMILES string of the molecule is CC(=O)OC1CNCCN1. The number of rotatable bonds is 1. The van der Waals surface area contributed by atoms with E-state index in [2.05, 4.69) is 10.6 Å². The summed E-state index contributed by atoms with van der Waals surface area (Å²) in [5.41, 5.74) is 0. The van der Waals surface area contributed by atoms with Crippen molar-refractivity contribution in [3.8, 4) is 0 Å². The quantitative estimate of drug-likeness (QED) is 0.467. The Labute approximate surface area is 59.9 Å². The number of piperazine rings is 1. The zero-order chi connectivity index (χ0) is 7.40. The second-order valence-corrected chi connectivity index (χ2v) is 2.26. The Bertz CT molecular complexity index is 121. The van der Waals surface area contributed by atoms with Crippen LogP contribution in [0, 0.1) is 0 Å². The normalized spacial score (nSPS) is 25.9. The summed E-state index contributed by atoms with van der Waals surface area (Å²) in [5, 5.41) is 6.15. The fraction of sp³-hybridized carbons (Fsp3) is 0.833. The molecule has 4 heteroatoms. The Kier molecular flexibility index (Phi) is 2.65. The minimum Gasteiger partial charge on any atom is -0.445 e. The highest BCUT2D eigenvalue weighted by atomic mass is 16.6. The molecule has 0 amide bonds. The molecule has 4 nitrogen and oxygen atoms in total. The van der Waals surface area contributed by atoms with Gasteiger partial charge in [0.05, 0.1) is 0 Å². The summed E-state index contributed by atoms with van der Waals surface area (Å²) in [5.74, 6) is -0.235. The van der Waals surface area contributed by atoms with Gasteiger partial charge in [-0.25, -0.2) is 0 Å². The maximum Gasteiger partial charge on any atom is 0.304 e. The summed E-state index contributed by atoms with van der Waals surface area (Å²) >= 11 is 0. The molecule has 58 valence electrons. The van der Waals surface area contributed by atoms with E-state index in [-0.39, 0.29) is 12.2 Å². The van der Waals surface area contributed by atoms with Crippen LogP contribution in [-0.2, 0) is 9.53 Å². The Hall–Kier alpha value is -0.610. The minimum absolute atomic E-state index is 0.133. The van der Waals surface area contributed by atoms with E-state index in [0.29, 0.717) is 6.54 Å². The molecule has 0 radical (unpaired) electrons. The van der Waals surface area contributed by atoms with Gasteiger partial charge in [-0.2, -0.15) is 0 Å². The molecular weight excluding hydrogens is 132 g/mol. The lowest BCUT2D eigenvalue weighted by Crippen LogP contribution is -2.50. The van der Waals surface area contributed by atoms with E-state index in [9.17, 15) is 4.79 Å². The van der Waals surface area contributed by atoms with E-state index < -0.39 is 0 Å². The van der Waals surface area contributed by atoms with Crippen LogP contribution in [0.2, 0.25) is 0 Å². The second-order valence-electron chi connectivity index (χ2n) is 2.26. The fourth-order valence-corrected chi connectivity index (χ4v) is 0.911. The van der Waals surface area contributed by atoms with Crippen LogP contribution in [0.4, 0.5) is 0 Å². The molecule has 0 spiro atoms. The maximum atomic E-state index is 10.4. The van der Waals surface area contributed by atoms with Gasteiger partial charge in [0.1, 0.15) is 0 Å². The van der Waals surface area contributed by atoms with Gasteiger partial charge in [-0.05, 0) is 0 Å². The number of hydrogen-bond acceptors (Lipinski definition) is 4. The third kappa shape index (κ3) is 2.33. The molecule has 1 rings (SSSR count). The highest BCUT2D eigenvalue weighted by Crippen LogP contribution is 1.89. The first-order valence-corrected chi connectivity index (χ1v) is 3.40. The molecular formula is C6H12N2O2. The lowest BCUT2D eigenvalue weighted by molar-refractivity contribution is -0.148. The van der Waals surface area contributed by atoms with Gasteiger partial charge < -0.3 is 10.1 Å². The van der Waals surface area contributed by atoms with Crippen LogP contribution < -0.4 is 10.6 Å². The zero-order valence-corrected chi connectivity index (χ0v) is 6.02. The van der Waals surface area contributed by atoms with Crippen LogP contribution in [0.25, 0.3) is 0 Å². The smallest absolute Gasteiger partial charge is 0.304 e. The third-order valence-corrected chi connectivity index (χ3v) is 1.31. The van der Waals surface area contributed by atoms with E-state index in [0.717, 1.165) is 13.1 Å². The average molecular weight is 144 g/mol. The molecule has 10 heavy (non-hydrogen) atoms. The van der Waals surface area contributed by atoms with Crippen molar-refractivity contribution in [3.05, 3.63) is 0 Å². The highest BCUT2D eigenvalue weighted by Gasteiger charge is 2.13. The van der Waals surface area contributed by atoms with Crippen LogP contribution in [0.1, 0.15) is 6.92 Å². The lowest BCUT2D eigenvalue weighted by Gasteiger charge is -2.23. The van der Waals surface area contributed by atoms with Crippen molar-refractivity contribution in [1.82, 2.24) is 10.6 Å². The van der Waals surface area contributed by atoms with Gasteiger partial charge in [0.15, 0.2) is 6.23 Å². The molecule has 1 fully saturated rings. The zero-order valence-electron chi connectivity index (χ0n) is 6.02. The van der Waals surface area contributed by atoms with Crippen molar-refractivity contribution in [2.75, 3.05) is 19.6 Å². The summed E-state index contributed by atoms with van der Waals surface area (Å²) in [6, 6.07) is 0. The van der Waals surface area contributed by atoms with Crippen molar-refractivity contribution in [2.45, 2.75) is 13.2 Å². The minimum atomic E-state index is -0.235. The lowest BCUT2D eigenvalue weighted by atomic mass is 10.4. The molecule has 0 aromatic rings. The molecule has 1 aliphatic heterocycles. The van der Waals surface area contributed by atoms with Crippen molar-refractivity contribution < 1.29 is 9.53 Å². The van der Waals surface area contributed by atoms with E-state index in [4.69, 9.17) is 4.74 Å². The molecule has 0 bridgehead atoms. The van der Waals surface area contributed by atoms with Gasteiger partial charge in [0.25, 0.3) is 0 Å². The van der Waals surface area contributed by atoms with Crippen LogP contribution in [0.15, 0.2) is 0 Å². The molecule has 0 aromatic carbocycles. The van der Waals surface area contributed by atoms with Gasteiger partial charge in [0.2, 0.25) is 0 Å². The van der Waals surface area contributed by atoms with E-state index in [1.54, 1.807) is 0 Å². The number of hydrogen-bond donors (Lipinski definition) is 2. The summed E-state index contributed by atoms with van der Waals surface area (Å²) in [7, 11) is 0. The van der Waals surface area contributed by atoms with Crippen LogP contribution in [0.3, 0.4) is 0 Å². The largest absolute Gasteiger partial charge is 0.445 e. The molecule has 1 unspecified atom stereocenters. The van der Waals surface area contributed by atoms with E-state index >= 15 is 0 Å². The Morgan fingerprint density at radius 1 is 1.60 bits per heavy atom. The summed E-state index contributed by atoms with van der Waals surface area (Å²) in [6.07, 6.45) is -0.133. The molecule has 2 N–H and O–H groups in total. The van der Waals surface area contributed by atoms with Crippen LogP contribution in [-0.4, -0.2) is 31.8 Å². The number of carbonyl (C=O) groups excluding carboxylic acids is 1. The summed E-state index contributed by atoms with van der Waals surface area (Å²) in [6.45, 7) is 3.92. The predicted octanol–water partition coefficient (Wildman–Crippen LogP) is -0.932. The molecule has 0 aromatic heterocycles. The Morgan fingerprint density at radius 2 is 2.40 bits per heavy atom. The molecule has 0 aliphatic carbocycles. The number of carbonyl (C=O) groups is 1. The Balaban J connectivity index is 2.19. The number of nitrogens with one attached hydrogen (secondary N) is 2. The molecule has 1 heterocycles. The van der Waals surface area contributed by atoms with Gasteiger partial charge >= 0.3 is 5.97 Å². The maximum absolute atomic E-state index is 10.4. The van der Waals surface area contributed by atoms with Crippen molar-refractivity contribution in [2.24, 2.45) is 0 Å². The van der Waals surface area contributed by atoms with Gasteiger partial charge in [-0.1, -0.05) is 0 Å². The van der Waals surface area contributed by atoms with Gasteiger partial charge in [-0.3, -0.25) is 10.1 Å². The predicted molar refractivity (Wildman–Crippen MR) is 36.4 cm³/mol. The monoisotopic (exact) mass is 144 g/mol. The first kappa shape index (κ1) is 7.50. The van der Waals surface area contributed by atoms with Crippen LogP contribution >= 0.6 is 0 Å². The van der Waals surface area contributed by atoms with Gasteiger partial charge in [0, 0.05) is 26.6 Å². The van der Waals surface area contributed by atoms with Crippen molar-refractivity contribution in [3.63, 3.8) is 0 Å². The Morgan fingerprint density at radius 3 is 2.90 bits per heavy atom. The second kappa shape index (κ2) is 3.53. The standard InChI is InChI=1S/C6H12N2O2/c1-5(9)10-6-4-7-2-3-8-6/h6-8H,2-4H2,1H3. The highest BCUT2D eigenvalue weighted by molar-refractivity contribution is 5.66. The number of ether oxygens (including phenoxy) is 1. The first-order valence-electron chi connectivity index (χ1n) is 3.40. The average Bonchev–Trinajstić information content (AvgIpc) is 1.88. The van der Waals surface area contributed by atoms with Crippen molar-refractivity contribution in [1.29, 1.82) is 0 Å². The number of esters is 1. The first-order chi connectivity index (χ1) is 4.79. The van der Waals surface area contributed by atoms with E-state index in [1.165, 1.54) is 6.92 Å². The third-order valence-electron chi connectivity index (χ3n) is 1.31. The van der Waals surface area contributed by atoms with E-state index in [1.807, 2.05) is 0 Å².